The van der Waals surface area contributed by atoms with Crippen LogP contribution in [0.5, 0.6) is 0 Å². The summed E-state index contributed by atoms with van der Waals surface area (Å²) in [5.74, 6) is 0.961. The molecule has 1 aromatic rings. The molecule has 0 aliphatic carbocycles. The Bertz CT molecular complexity index is 572. The molecule has 1 aliphatic rings. The summed E-state index contributed by atoms with van der Waals surface area (Å²) in [5, 5.41) is 7.56. The summed E-state index contributed by atoms with van der Waals surface area (Å²) in [4.78, 5) is 14.4. The smallest absolute Gasteiger partial charge is 0.320 e. The van der Waals surface area contributed by atoms with Crippen LogP contribution in [0.4, 0.5) is 10.5 Å². The van der Waals surface area contributed by atoms with Crippen LogP contribution in [-0.4, -0.2) is 33.8 Å². The van der Waals surface area contributed by atoms with Gasteiger partial charge in [-0.25, -0.2) is 4.79 Å². The van der Waals surface area contributed by atoms with Crippen LogP contribution in [0.2, 0.25) is 0 Å². The second-order valence-electron chi connectivity index (χ2n) is 7.19. The standard InChI is InChI=1S/C18H30N4O/c1-13(2)8-10-22-17(14(3)4)16(11-19-22)20-18(23)21-9-6-7-15(5)12-21/h7,11,13-14H,6,8-10,12H2,1-5H3,(H,20,23). The first-order valence-electron chi connectivity index (χ1n) is 8.65. The third-order valence-corrected chi connectivity index (χ3v) is 4.21. The van der Waals surface area contributed by atoms with Crippen molar-refractivity contribution in [2.45, 2.75) is 59.9 Å². The summed E-state index contributed by atoms with van der Waals surface area (Å²) in [6.45, 7) is 13.2. The summed E-state index contributed by atoms with van der Waals surface area (Å²) in [5.41, 5.74) is 3.22. The molecule has 1 N–H and O–H groups in total. The summed E-state index contributed by atoms with van der Waals surface area (Å²) in [6, 6.07) is -0.0252. The highest BCUT2D eigenvalue weighted by Gasteiger charge is 2.20. The molecule has 0 spiro atoms. The van der Waals surface area contributed by atoms with Crippen LogP contribution in [0.3, 0.4) is 0 Å². The Morgan fingerprint density at radius 1 is 1.35 bits per heavy atom. The van der Waals surface area contributed by atoms with Crippen molar-refractivity contribution in [2.24, 2.45) is 5.92 Å². The zero-order valence-electron chi connectivity index (χ0n) is 15.1. The highest BCUT2D eigenvalue weighted by Crippen LogP contribution is 2.25. The number of amides is 2. The van der Waals surface area contributed by atoms with Crippen molar-refractivity contribution < 1.29 is 4.79 Å². The van der Waals surface area contributed by atoms with Crippen LogP contribution in [0.1, 0.15) is 59.1 Å². The third-order valence-electron chi connectivity index (χ3n) is 4.21. The van der Waals surface area contributed by atoms with Crippen molar-refractivity contribution in [3.63, 3.8) is 0 Å². The Morgan fingerprint density at radius 3 is 2.70 bits per heavy atom. The Hall–Kier alpha value is -1.78. The Balaban J connectivity index is 2.10. The number of anilines is 1. The molecule has 0 aromatic carbocycles. The van der Waals surface area contributed by atoms with Gasteiger partial charge in [0.1, 0.15) is 0 Å². The van der Waals surface area contributed by atoms with E-state index in [1.54, 1.807) is 6.20 Å². The number of urea groups is 1. The molecule has 5 heteroatoms. The molecule has 128 valence electrons. The predicted octanol–water partition coefficient (Wildman–Crippen LogP) is 4.24. The molecule has 1 aliphatic heterocycles. The SMILES string of the molecule is CC1=CCCN(C(=O)Nc2cnn(CCC(C)C)c2C(C)C)C1. The van der Waals surface area contributed by atoms with Gasteiger partial charge in [0.15, 0.2) is 0 Å². The molecule has 2 heterocycles. The minimum atomic E-state index is -0.0252. The van der Waals surface area contributed by atoms with Gasteiger partial charge in [0, 0.05) is 19.6 Å². The Morgan fingerprint density at radius 2 is 2.09 bits per heavy atom. The van der Waals surface area contributed by atoms with Gasteiger partial charge in [0.05, 0.1) is 17.6 Å². The maximum atomic E-state index is 12.5. The lowest BCUT2D eigenvalue weighted by Crippen LogP contribution is -2.38. The lowest BCUT2D eigenvalue weighted by Gasteiger charge is -2.26. The van der Waals surface area contributed by atoms with Gasteiger partial charge in [0.25, 0.3) is 0 Å². The zero-order chi connectivity index (χ0) is 17.0. The van der Waals surface area contributed by atoms with Crippen molar-refractivity contribution >= 4 is 11.7 Å². The summed E-state index contributed by atoms with van der Waals surface area (Å²) < 4.78 is 2.04. The van der Waals surface area contributed by atoms with Gasteiger partial charge in [-0.15, -0.1) is 0 Å². The number of rotatable bonds is 5. The van der Waals surface area contributed by atoms with E-state index in [4.69, 9.17) is 0 Å². The highest BCUT2D eigenvalue weighted by atomic mass is 16.2. The monoisotopic (exact) mass is 318 g/mol. The van der Waals surface area contributed by atoms with Crippen LogP contribution < -0.4 is 5.32 Å². The normalized spacial score (nSPS) is 15.3. The lowest BCUT2D eigenvalue weighted by molar-refractivity contribution is 0.215. The number of hydrogen-bond acceptors (Lipinski definition) is 2. The van der Waals surface area contributed by atoms with E-state index < -0.39 is 0 Å². The molecule has 23 heavy (non-hydrogen) atoms. The molecule has 1 aromatic heterocycles. The summed E-state index contributed by atoms with van der Waals surface area (Å²) in [6.07, 6.45) is 6.02. The van der Waals surface area contributed by atoms with E-state index in [0.29, 0.717) is 18.4 Å². The number of carbonyl (C=O) groups excluding carboxylic acids is 1. The quantitative estimate of drug-likeness (QED) is 0.826. The number of aromatic nitrogens is 2. The number of carbonyl (C=O) groups is 1. The first kappa shape index (κ1) is 17.6. The molecule has 2 amide bonds. The maximum absolute atomic E-state index is 12.5. The number of nitrogens with one attached hydrogen (secondary N) is 1. The number of hydrogen-bond donors (Lipinski definition) is 1. The van der Waals surface area contributed by atoms with Crippen LogP contribution in [-0.2, 0) is 6.54 Å². The Kier molecular flexibility index (Phi) is 5.85. The molecule has 2 rings (SSSR count). The second-order valence-corrected chi connectivity index (χ2v) is 7.19. The first-order valence-corrected chi connectivity index (χ1v) is 8.65. The zero-order valence-corrected chi connectivity index (χ0v) is 15.1. The number of nitrogens with zero attached hydrogens (tertiary/aromatic N) is 3. The van der Waals surface area contributed by atoms with Crippen LogP contribution in [0, 0.1) is 5.92 Å². The third kappa shape index (κ3) is 4.60. The molecular formula is C18H30N4O. The van der Waals surface area contributed by atoms with Crippen molar-refractivity contribution in [1.82, 2.24) is 14.7 Å². The van der Waals surface area contributed by atoms with E-state index in [0.717, 1.165) is 37.3 Å². The highest BCUT2D eigenvalue weighted by molar-refractivity contribution is 5.90. The largest absolute Gasteiger partial charge is 0.322 e. The topological polar surface area (TPSA) is 50.2 Å². The van der Waals surface area contributed by atoms with Gasteiger partial charge in [-0.2, -0.15) is 5.10 Å². The molecular weight excluding hydrogens is 288 g/mol. The van der Waals surface area contributed by atoms with Crippen molar-refractivity contribution in [3.8, 4) is 0 Å². The number of aryl methyl sites for hydroxylation is 1. The van der Waals surface area contributed by atoms with Crippen molar-refractivity contribution in [3.05, 3.63) is 23.5 Å². The van der Waals surface area contributed by atoms with Gasteiger partial charge in [0.2, 0.25) is 0 Å². The molecule has 0 atom stereocenters. The molecule has 0 unspecified atom stereocenters. The fourth-order valence-corrected chi connectivity index (χ4v) is 2.94. The molecule has 0 saturated heterocycles. The fourth-order valence-electron chi connectivity index (χ4n) is 2.94. The van der Waals surface area contributed by atoms with Gasteiger partial charge in [-0.1, -0.05) is 39.3 Å². The fraction of sp³-hybridized carbons (Fsp3) is 0.667. The van der Waals surface area contributed by atoms with Crippen LogP contribution in [0.25, 0.3) is 0 Å². The van der Waals surface area contributed by atoms with Gasteiger partial charge < -0.3 is 10.2 Å². The minimum Gasteiger partial charge on any atom is -0.320 e. The van der Waals surface area contributed by atoms with E-state index >= 15 is 0 Å². The van der Waals surface area contributed by atoms with Gasteiger partial charge in [-0.3, -0.25) is 4.68 Å². The molecule has 5 nitrogen and oxygen atoms in total. The van der Waals surface area contributed by atoms with E-state index in [1.165, 1.54) is 5.57 Å². The van der Waals surface area contributed by atoms with Crippen molar-refractivity contribution in [2.75, 3.05) is 18.4 Å². The van der Waals surface area contributed by atoms with E-state index in [9.17, 15) is 4.79 Å². The molecule has 0 fully saturated rings. The van der Waals surface area contributed by atoms with E-state index in [2.05, 4.69) is 51.1 Å². The van der Waals surface area contributed by atoms with Gasteiger partial charge in [-0.05, 0) is 31.6 Å². The van der Waals surface area contributed by atoms with E-state index in [1.807, 2.05) is 9.58 Å². The summed E-state index contributed by atoms with van der Waals surface area (Å²) >= 11 is 0. The van der Waals surface area contributed by atoms with Crippen molar-refractivity contribution in [1.29, 1.82) is 0 Å². The Labute approximate surface area is 139 Å². The lowest BCUT2D eigenvalue weighted by atomic mass is 10.1. The predicted molar refractivity (Wildman–Crippen MR) is 94.7 cm³/mol. The molecule has 0 bridgehead atoms. The average molecular weight is 318 g/mol. The molecule has 0 radical (unpaired) electrons. The second kappa shape index (κ2) is 7.66. The minimum absolute atomic E-state index is 0.0252. The van der Waals surface area contributed by atoms with Gasteiger partial charge >= 0.3 is 6.03 Å². The van der Waals surface area contributed by atoms with Crippen LogP contribution in [0.15, 0.2) is 17.8 Å². The molecule has 0 saturated carbocycles. The average Bonchev–Trinajstić information content (AvgIpc) is 2.88. The first-order chi connectivity index (χ1) is 10.9. The maximum Gasteiger partial charge on any atom is 0.322 e. The van der Waals surface area contributed by atoms with Crippen LogP contribution >= 0.6 is 0 Å². The summed E-state index contributed by atoms with van der Waals surface area (Å²) in [7, 11) is 0. The van der Waals surface area contributed by atoms with E-state index in [-0.39, 0.29) is 6.03 Å².